The van der Waals surface area contributed by atoms with E-state index in [1.807, 2.05) is 0 Å². The fraction of sp³-hybridized carbons (Fsp3) is 1.00. The monoisotopic (exact) mass is 175 g/mol. The van der Waals surface area contributed by atoms with Gasteiger partial charge in [-0.3, -0.25) is 4.39 Å². The molecule has 1 aliphatic rings. The second kappa shape index (κ2) is 6.38. The normalized spacial score (nSPS) is 24.2. The van der Waals surface area contributed by atoms with Gasteiger partial charge in [0.1, 0.15) is 0 Å². The summed E-state index contributed by atoms with van der Waals surface area (Å²) in [5.74, 6) is 0.651. The number of hydrogen-bond donors (Lipinski definition) is 1. The average Bonchev–Trinajstić information content (AvgIpc) is 2.14. The van der Waals surface area contributed by atoms with Crippen molar-refractivity contribution in [3.63, 3.8) is 0 Å². The molecule has 1 unspecified atom stereocenters. The third-order valence-corrected chi connectivity index (χ3v) is 2.17. The van der Waals surface area contributed by atoms with Crippen LogP contribution in [0.2, 0.25) is 0 Å². The standard InChI is InChI=1S/C9H18FNO/c10-4-2-5-11-7-9-3-1-6-12-8-9/h9,11H,1-8H2. The minimum Gasteiger partial charge on any atom is -0.381 e. The van der Waals surface area contributed by atoms with Gasteiger partial charge in [0.2, 0.25) is 0 Å². The van der Waals surface area contributed by atoms with Crippen molar-refractivity contribution in [1.29, 1.82) is 0 Å². The van der Waals surface area contributed by atoms with Crippen molar-refractivity contribution in [1.82, 2.24) is 5.32 Å². The predicted octanol–water partition coefficient (Wildman–Crippen LogP) is 1.36. The van der Waals surface area contributed by atoms with Crippen LogP contribution in [0.4, 0.5) is 4.39 Å². The molecular weight excluding hydrogens is 157 g/mol. The molecule has 3 heteroatoms. The Hall–Kier alpha value is -0.150. The fourth-order valence-electron chi connectivity index (χ4n) is 1.47. The topological polar surface area (TPSA) is 21.3 Å². The molecule has 2 nitrogen and oxygen atoms in total. The minimum atomic E-state index is -0.214. The van der Waals surface area contributed by atoms with Crippen molar-refractivity contribution in [3.05, 3.63) is 0 Å². The third kappa shape index (κ3) is 4.02. The lowest BCUT2D eigenvalue weighted by atomic mass is 10.0. The summed E-state index contributed by atoms with van der Waals surface area (Å²) < 4.78 is 17.0. The molecule has 72 valence electrons. The Kier molecular flexibility index (Phi) is 5.28. The van der Waals surface area contributed by atoms with Crippen LogP contribution in [0.15, 0.2) is 0 Å². The molecular formula is C9H18FNO. The van der Waals surface area contributed by atoms with Gasteiger partial charge in [-0.1, -0.05) is 0 Å². The van der Waals surface area contributed by atoms with Gasteiger partial charge in [-0.25, -0.2) is 0 Å². The van der Waals surface area contributed by atoms with E-state index in [0.717, 1.165) is 26.3 Å². The summed E-state index contributed by atoms with van der Waals surface area (Å²) in [4.78, 5) is 0. The summed E-state index contributed by atoms with van der Waals surface area (Å²) in [6, 6.07) is 0. The number of halogens is 1. The van der Waals surface area contributed by atoms with Gasteiger partial charge in [0.15, 0.2) is 0 Å². The van der Waals surface area contributed by atoms with Crippen LogP contribution < -0.4 is 5.32 Å². The van der Waals surface area contributed by atoms with E-state index in [2.05, 4.69) is 5.32 Å². The summed E-state index contributed by atoms with van der Waals surface area (Å²) in [6.45, 7) is 3.37. The Morgan fingerprint density at radius 1 is 1.50 bits per heavy atom. The van der Waals surface area contributed by atoms with Gasteiger partial charge in [-0.2, -0.15) is 0 Å². The highest BCUT2D eigenvalue weighted by Crippen LogP contribution is 2.11. The smallest absolute Gasteiger partial charge is 0.0906 e. The van der Waals surface area contributed by atoms with E-state index < -0.39 is 0 Å². The number of rotatable bonds is 5. The molecule has 0 aromatic carbocycles. The first kappa shape index (κ1) is 9.93. The minimum absolute atomic E-state index is 0.214. The number of alkyl halides is 1. The molecule has 12 heavy (non-hydrogen) atoms. The lowest BCUT2D eigenvalue weighted by molar-refractivity contribution is 0.0549. The summed E-state index contributed by atoms with van der Waals surface area (Å²) in [6.07, 6.45) is 3.06. The molecule has 0 radical (unpaired) electrons. The largest absolute Gasteiger partial charge is 0.381 e. The maximum Gasteiger partial charge on any atom is 0.0906 e. The quantitative estimate of drug-likeness (QED) is 0.637. The molecule has 1 atom stereocenters. The van der Waals surface area contributed by atoms with Gasteiger partial charge >= 0.3 is 0 Å². The fourth-order valence-corrected chi connectivity index (χ4v) is 1.47. The second-order valence-corrected chi connectivity index (χ2v) is 3.33. The van der Waals surface area contributed by atoms with Crippen molar-refractivity contribution < 1.29 is 9.13 Å². The van der Waals surface area contributed by atoms with Gasteiger partial charge in [0.05, 0.1) is 13.3 Å². The molecule has 1 aliphatic heterocycles. The average molecular weight is 175 g/mol. The zero-order valence-corrected chi connectivity index (χ0v) is 7.52. The maximum atomic E-state index is 11.7. The summed E-state index contributed by atoms with van der Waals surface area (Å²) in [5, 5.41) is 3.24. The first-order valence-corrected chi connectivity index (χ1v) is 4.78. The van der Waals surface area contributed by atoms with Crippen molar-refractivity contribution in [2.24, 2.45) is 5.92 Å². The van der Waals surface area contributed by atoms with Crippen LogP contribution in [-0.4, -0.2) is 33.0 Å². The maximum absolute atomic E-state index is 11.7. The number of nitrogens with one attached hydrogen (secondary N) is 1. The van der Waals surface area contributed by atoms with Gasteiger partial charge in [0.25, 0.3) is 0 Å². The van der Waals surface area contributed by atoms with Crippen molar-refractivity contribution in [2.45, 2.75) is 19.3 Å². The SMILES string of the molecule is FCCCNCC1CCCOC1. The summed E-state index contributed by atoms with van der Waals surface area (Å²) in [7, 11) is 0. The lowest BCUT2D eigenvalue weighted by Crippen LogP contribution is -2.29. The van der Waals surface area contributed by atoms with E-state index >= 15 is 0 Å². The molecule has 0 bridgehead atoms. The molecule has 1 heterocycles. The lowest BCUT2D eigenvalue weighted by Gasteiger charge is -2.22. The molecule has 1 N–H and O–H groups in total. The highest BCUT2D eigenvalue weighted by Gasteiger charge is 2.12. The van der Waals surface area contributed by atoms with Crippen LogP contribution in [0.25, 0.3) is 0 Å². The van der Waals surface area contributed by atoms with Gasteiger partial charge in [-0.15, -0.1) is 0 Å². The third-order valence-electron chi connectivity index (χ3n) is 2.17. The Bertz CT molecular complexity index is 105. The zero-order valence-electron chi connectivity index (χ0n) is 7.52. The molecule has 0 aromatic rings. The Balaban J connectivity index is 1.91. The van der Waals surface area contributed by atoms with Gasteiger partial charge in [0, 0.05) is 13.2 Å². The summed E-state index contributed by atoms with van der Waals surface area (Å²) >= 11 is 0. The molecule has 0 spiro atoms. The Labute approximate surface area is 73.5 Å². The second-order valence-electron chi connectivity index (χ2n) is 3.33. The molecule has 1 saturated heterocycles. The van der Waals surface area contributed by atoms with Crippen LogP contribution in [-0.2, 0) is 4.74 Å². The van der Waals surface area contributed by atoms with E-state index in [9.17, 15) is 4.39 Å². The molecule has 0 aliphatic carbocycles. The van der Waals surface area contributed by atoms with E-state index in [-0.39, 0.29) is 6.67 Å². The van der Waals surface area contributed by atoms with Crippen LogP contribution in [0, 0.1) is 5.92 Å². The molecule has 0 saturated carbocycles. The van der Waals surface area contributed by atoms with Crippen LogP contribution in [0.3, 0.4) is 0 Å². The van der Waals surface area contributed by atoms with Gasteiger partial charge in [-0.05, 0) is 31.7 Å². The van der Waals surface area contributed by atoms with Gasteiger partial charge < -0.3 is 10.1 Å². The van der Waals surface area contributed by atoms with E-state index in [1.54, 1.807) is 0 Å². The molecule has 1 rings (SSSR count). The highest BCUT2D eigenvalue weighted by molar-refractivity contribution is 4.65. The first-order valence-electron chi connectivity index (χ1n) is 4.78. The van der Waals surface area contributed by atoms with Crippen LogP contribution in [0.5, 0.6) is 0 Å². The molecule has 1 fully saturated rings. The molecule has 0 aromatic heterocycles. The number of hydrogen-bond acceptors (Lipinski definition) is 2. The van der Waals surface area contributed by atoms with E-state index in [0.29, 0.717) is 12.3 Å². The van der Waals surface area contributed by atoms with Crippen molar-refractivity contribution in [2.75, 3.05) is 33.0 Å². The Morgan fingerprint density at radius 2 is 2.42 bits per heavy atom. The van der Waals surface area contributed by atoms with Crippen molar-refractivity contribution >= 4 is 0 Å². The summed E-state index contributed by atoms with van der Waals surface area (Å²) in [5.41, 5.74) is 0. The first-order chi connectivity index (χ1) is 5.93. The molecule has 0 amide bonds. The van der Waals surface area contributed by atoms with Crippen molar-refractivity contribution in [3.8, 4) is 0 Å². The highest BCUT2D eigenvalue weighted by atomic mass is 19.1. The van der Waals surface area contributed by atoms with E-state index in [1.165, 1.54) is 12.8 Å². The van der Waals surface area contributed by atoms with Crippen LogP contribution >= 0.6 is 0 Å². The van der Waals surface area contributed by atoms with E-state index in [4.69, 9.17) is 4.74 Å². The predicted molar refractivity (Wildman–Crippen MR) is 47.0 cm³/mol. The zero-order chi connectivity index (χ0) is 8.65. The number of ether oxygens (including phenoxy) is 1. The Morgan fingerprint density at radius 3 is 3.08 bits per heavy atom. The van der Waals surface area contributed by atoms with Crippen LogP contribution in [0.1, 0.15) is 19.3 Å².